The maximum absolute atomic E-state index is 11.6. The van der Waals surface area contributed by atoms with Gasteiger partial charge in [0.25, 0.3) is 5.69 Å². The molecule has 0 spiro atoms. The summed E-state index contributed by atoms with van der Waals surface area (Å²) in [7, 11) is 1.51. The van der Waals surface area contributed by atoms with Crippen molar-refractivity contribution in [3.8, 4) is 5.75 Å². The predicted molar refractivity (Wildman–Crippen MR) is 89.4 cm³/mol. The van der Waals surface area contributed by atoms with Gasteiger partial charge in [0.2, 0.25) is 0 Å². The first kappa shape index (κ1) is 17.3. The Hall–Kier alpha value is -3.09. The van der Waals surface area contributed by atoms with Crippen molar-refractivity contribution in [1.29, 1.82) is 0 Å². The predicted octanol–water partition coefficient (Wildman–Crippen LogP) is 3.39. The molecule has 7 nitrogen and oxygen atoms in total. The van der Waals surface area contributed by atoms with Gasteiger partial charge in [0.1, 0.15) is 5.75 Å². The average Bonchev–Trinajstić information content (AvgIpc) is 2.60. The molecule has 0 fully saturated rings. The van der Waals surface area contributed by atoms with Gasteiger partial charge in [-0.1, -0.05) is 0 Å². The van der Waals surface area contributed by atoms with Crippen LogP contribution in [-0.4, -0.2) is 24.6 Å². The minimum Gasteiger partial charge on any atom is -0.496 e. The molecular weight excluding hydrogens is 312 g/mol. The number of carbonyl (C=O) groups is 1. The highest BCUT2D eigenvalue weighted by Crippen LogP contribution is 2.25. The molecule has 0 atom stereocenters. The maximum atomic E-state index is 11.6. The standard InChI is InChI=1S/C17H18N2O5/c1-3-24-17(20)12-4-6-14(7-5-12)18-11-13-10-15(19(21)22)8-9-16(13)23-2/h4-10,18H,3,11H2,1-2H3. The number of benzene rings is 2. The van der Waals surface area contributed by atoms with Gasteiger partial charge >= 0.3 is 5.97 Å². The summed E-state index contributed by atoms with van der Waals surface area (Å²) in [6, 6.07) is 11.2. The van der Waals surface area contributed by atoms with E-state index < -0.39 is 4.92 Å². The summed E-state index contributed by atoms with van der Waals surface area (Å²) >= 11 is 0. The summed E-state index contributed by atoms with van der Waals surface area (Å²) < 4.78 is 10.1. The van der Waals surface area contributed by atoms with Crippen molar-refractivity contribution in [3.63, 3.8) is 0 Å². The van der Waals surface area contributed by atoms with E-state index in [4.69, 9.17) is 9.47 Å². The normalized spacial score (nSPS) is 10.1. The highest BCUT2D eigenvalue weighted by atomic mass is 16.6. The summed E-state index contributed by atoms with van der Waals surface area (Å²) in [6.07, 6.45) is 0. The zero-order valence-electron chi connectivity index (χ0n) is 13.4. The largest absolute Gasteiger partial charge is 0.496 e. The van der Waals surface area contributed by atoms with E-state index in [0.29, 0.717) is 30.0 Å². The molecule has 2 aromatic rings. The minimum absolute atomic E-state index is 0.00487. The zero-order chi connectivity index (χ0) is 17.5. The summed E-state index contributed by atoms with van der Waals surface area (Å²) in [4.78, 5) is 22.0. The van der Waals surface area contributed by atoms with Gasteiger partial charge in [-0.05, 0) is 37.3 Å². The van der Waals surface area contributed by atoms with Crippen LogP contribution in [0.1, 0.15) is 22.8 Å². The van der Waals surface area contributed by atoms with E-state index in [9.17, 15) is 14.9 Å². The molecule has 7 heteroatoms. The second kappa shape index (κ2) is 7.96. The van der Waals surface area contributed by atoms with Gasteiger partial charge in [-0.25, -0.2) is 4.79 Å². The number of ether oxygens (including phenoxy) is 2. The molecule has 0 aliphatic carbocycles. The van der Waals surface area contributed by atoms with Crippen molar-refractivity contribution in [3.05, 3.63) is 63.7 Å². The number of carbonyl (C=O) groups excluding carboxylic acids is 1. The van der Waals surface area contributed by atoms with Gasteiger partial charge in [-0.15, -0.1) is 0 Å². The van der Waals surface area contributed by atoms with Crippen molar-refractivity contribution < 1.29 is 19.2 Å². The highest BCUT2D eigenvalue weighted by Gasteiger charge is 2.11. The molecule has 0 heterocycles. The van der Waals surface area contributed by atoms with Crippen LogP contribution in [0.15, 0.2) is 42.5 Å². The van der Waals surface area contributed by atoms with Gasteiger partial charge in [-0.2, -0.15) is 0 Å². The fourth-order valence-electron chi connectivity index (χ4n) is 2.15. The minimum atomic E-state index is -0.447. The van der Waals surface area contributed by atoms with E-state index in [0.717, 1.165) is 5.69 Å². The molecule has 0 bridgehead atoms. The molecule has 0 radical (unpaired) electrons. The Morgan fingerprint density at radius 2 is 1.92 bits per heavy atom. The highest BCUT2D eigenvalue weighted by molar-refractivity contribution is 5.89. The van der Waals surface area contributed by atoms with Crippen LogP contribution < -0.4 is 10.1 Å². The molecule has 126 valence electrons. The quantitative estimate of drug-likeness (QED) is 0.475. The number of anilines is 1. The molecule has 0 saturated carbocycles. The SMILES string of the molecule is CCOC(=O)c1ccc(NCc2cc([N+](=O)[O-])ccc2OC)cc1. The second-order valence-corrected chi connectivity index (χ2v) is 4.90. The lowest BCUT2D eigenvalue weighted by Gasteiger charge is -2.11. The van der Waals surface area contributed by atoms with Crippen LogP contribution in [0.2, 0.25) is 0 Å². The Balaban J connectivity index is 2.09. The number of nitro benzene ring substituents is 1. The Labute approximate surface area is 139 Å². The van der Waals surface area contributed by atoms with Gasteiger partial charge < -0.3 is 14.8 Å². The smallest absolute Gasteiger partial charge is 0.338 e. The Morgan fingerprint density at radius 1 is 1.21 bits per heavy atom. The topological polar surface area (TPSA) is 90.7 Å². The number of methoxy groups -OCH3 is 1. The fourth-order valence-corrected chi connectivity index (χ4v) is 2.15. The molecule has 2 aromatic carbocycles. The number of non-ortho nitro benzene ring substituents is 1. The molecule has 0 saturated heterocycles. The first-order valence-electron chi connectivity index (χ1n) is 7.37. The van der Waals surface area contributed by atoms with E-state index in [1.54, 1.807) is 37.3 Å². The number of esters is 1. The molecule has 24 heavy (non-hydrogen) atoms. The van der Waals surface area contributed by atoms with E-state index >= 15 is 0 Å². The molecule has 0 aliphatic rings. The summed E-state index contributed by atoms with van der Waals surface area (Å²) in [6.45, 7) is 2.43. The summed E-state index contributed by atoms with van der Waals surface area (Å²) in [5.41, 5.74) is 1.92. The number of rotatable bonds is 7. The first-order valence-corrected chi connectivity index (χ1v) is 7.37. The van der Waals surface area contributed by atoms with E-state index in [1.165, 1.54) is 19.2 Å². The third-order valence-electron chi connectivity index (χ3n) is 3.35. The van der Waals surface area contributed by atoms with Gasteiger partial charge in [0.05, 0.1) is 24.2 Å². The maximum Gasteiger partial charge on any atom is 0.338 e. The van der Waals surface area contributed by atoms with E-state index in [-0.39, 0.29) is 11.7 Å². The fraction of sp³-hybridized carbons (Fsp3) is 0.235. The molecule has 0 aromatic heterocycles. The summed E-state index contributed by atoms with van der Waals surface area (Å²) in [5.74, 6) is 0.195. The van der Waals surface area contributed by atoms with E-state index in [1.807, 2.05) is 0 Å². The number of nitrogens with one attached hydrogen (secondary N) is 1. The number of hydrogen-bond acceptors (Lipinski definition) is 6. The van der Waals surface area contributed by atoms with Gasteiger partial charge in [0.15, 0.2) is 0 Å². The molecule has 0 aliphatic heterocycles. The third kappa shape index (κ3) is 4.22. The lowest BCUT2D eigenvalue weighted by molar-refractivity contribution is -0.384. The van der Waals surface area contributed by atoms with Crippen LogP contribution in [0.4, 0.5) is 11.4 Å². The Morgan fingerprint density at radius 3 is 2.50 bits per heavy atom. The van der Waals surface area contributed by atoms with Crippen molar-refractivity contribution in [1.82, 2.24) is 0 Å². The Kier molecular flexibility index (Phi) is 5.73. The Bertz CT molecular complexity index is 728. The van der Waals surface area contributed by atoms with Crippen molar-refractivity contribution >= 4 is 17.3 Å². The first-order chi connectivity index (χ1) is 11.5. The third-order valence-corrected chi connectivity index (χ3v) is 3.35. The number of hydrogen-bond donors (Lipinski definition) is 1. The average molecular weight is 330 g/mol. The van der Waals surface area contributed by atoms with Crippen LogP contribution in [0, 0.1) is 10.1 Å². The van der Waals surface area contributed by atoms with Gasteiger partial charge in [0, 0.05) is 29.9 Å². The van der Waals surface area contributed by atoms with E-state index in [2.05, 4.69) is 5.32 Å². The summed E-state index contributed by atoms with van der Waals surface area (Å²) in [5, 5.41) is 14.0. The lowest BCUT2D eigenvalue weighted by Crippen LogP contribution is -2.05. The molecule has 2 rings (SSSR count). The van der Waals surface area contributed by atoms with Gasteiger partial charge in [-0.3, -0.25) is 10.1 Å². The van der Waals surface area contributed by atoms with Crippen molar-refractivity contribution in [2.75, 3.05) is 19.0 Å². The molecule has 1 N–H and O–H groups in total. The van der Waals surface area contributed by atoms with Crippen LogP contribution in [-0.2, 0) is 11.3 Å². The second-order valence-electron chi connectivity index (χ2n) is 4.90. The number of nitro groups is 1. The molecular formula is C17H18N2O5. The van der Waals surface area contributed by atoms with Crippen molar-refractivity contribution in [2.24, 2.45) is 0 Å². The lowest BCUT2D eigenvalue weighted by atomic mass is 10.1. The van der Waals surface area contributed by atoms with Crippen LogP contribution in [0.25, 0.3) is 0 Å². The van der Waals surface area contributed by atoms with Crippen LogP contribution in [0.5, 0.6) is 5.75 Å². The molecule has 0 amide bonds. The zero-order valence-corrected chi connectivity index (χ0v) is 13.4. The number of nitrogens with zero attached hydrogens (tertiary/aromatic N) is 1. The monoisotopic (exact) mass is 330 g/mol. The molecule has 0 unspecified atom stereocenters. The van der Waals surface area contributed by atoms with Crippen LogP contribution in [0.3, 0.4) is 0 Å². The van der Waals surface area contributed by atoms with Crippen LogP contribution >= 0.6 is 0 Å². The van der Waals surface area contributed by atoms with Crippen molar-refractivity contribution in [2.45, 2.75) is 13.5 Å².